The molecule has 9 heteroatoms. The van der Waals surface area contributed by atoms with Gasteiger partial charge in [-0.05, 0) is 39.2 Å². The Balaban J connectivity index is 1.56. The molecule has 0 aliphatic carbocycles. The maximum absolute atomic E-state index is 13.4. The number of aromatic nitrogens is 2. The summed E-state index contributed by atoms with van der Waals surface area (Å²) in [5.41, 5.74) is 0.511. The minimum absolute atomic E-state index is 0.0512. The number of nitrogens with zero attached hydrogens (tertiary/aromatic N) is 3. The van der Waals surface area contributed by atoms with Crippen molar-refractivity contribution in [3.8, 4) is 0 Å². The molecular formula is C23H28N4O4S. The highest BCUT2D eigenvalue weighted by Crippen LogP contribution is 2.33. The molecule has 1 saturated heterocycles. The SMILES string of the molecule is CCOC(=O)N1CCC(NC(=O)[C@H](CC)n2nc(C)c3sc4ccccc4c3c2=O)CC1. The van der Waals surface area contributed by atoms with Crippen molar-refractivity contribution >= 4 is 43.5 Å². The zero-order valence-corrected chi connectivity index (χ0v) is 19.4. The molecule has 3 aromatic rings. The molecule has 2 amide bonds. The molecule has 1 aromatic carbocycles. The quantitative estimate of drug-likeness (QED) is 0.633. The fourth-order valence-corrected chi connectivity index (χ4v) is 5.41. The van der Waals surface area contributed by atoms with Crippen molar-refractivity contribution in [2.75, 3.05) is 19.7 Å². The summed E-state index contributed by atoms with van der Waals surface area (Å²) in [5.74, 6) is -0.213. The predicted molar refractivity (Wildman–Crippen MR) is 125 cm³/mol. The van der Waals surface area contributed by atoms with E-state index in [0.717, 1.165) is 20.5 Å². The smallest absolute Gasteiger partial charge is 0.409 e. The third-order valence-corrected chi connectivity index (χ3v) is 7.24. The summed E-state index contributed by atoms with van der Waals surface area (Å²) >= 11 is 1.55. The summed E-state index contributed by atoms with van der Waals surface area (Å²) in [6.45, 7) is 6.95. The van der Waals surface area contributed by atoms with Crippen LogP contribution in [0.4, 0.5) is 4.79 Å². The number of fused-ring (bicyclic) bond motifs is 3. The Kier molecular flexibility index (Phi) is 6.45. The highest BCUT2D eigenvalue weighted by atomic mass is 32.1. The van der Waals surface area contributed by atoms with Gasteiger partial charge < -0.3 is 15.0 Å². The Hall–Kier alpha value is -2.94. The van der Waals surface area contributed by atoms with Crippen LogP contribution in [0.25, 0.3) is 20.2 Å². The van der Waals surface area contributed by atoms with Crippen molar-refractivity contribution in [2.45, 2.75) is 52.1 Å². The number of likely N-dealkylation sites (tertiary alicyclic amines) is 1. The van der Waals surface area contributed by atoms with E-state index < -0.39 is 6.04 Å². The van der Waals surface area contributed by atoms with Crippen LogP contribution < -0.4 is 10.9 Å². The van der Waals surface area contributed by atoms with E-state index in [1.165, 1.54) is 4.68 Å². The first-order chi connectivity index (χ1) is 15.4. The number of carbonyl (C=O) groups is 2. The van der Waals surface area contributed by atoms with Gasteiger partial charge in [0.15, 0.2) is 0 Å². The normalized spacial score (nSPS) is 15.8. The number of aryl methyl sites for hydroxylation is 1. The van der Waals surface area contributed by atoms with Gasteiger partial charge in [0, 0.05) is 29.2 Å². The average Bonchev–Trinajstić information content (AvgIpc) is 3.19. The molecule has 0 bridgehead atoms. The Morgan fingerprint density at radius 1 is 1.25 bits per heavy atom. The van der Waals surface area contributed by atoms with E-state index in [2.05, 4.69) is 10.4 Å². The summed E-state index contributed by atoms with van der Waals surface area (Å²) in [4.78, 5) is 40.1. The van der Waals surface area contributed by atoms with E-state index >= 15 is 0 Å². The number of rotatable bonds is 5. The molecule has 2 aromatic heterocycles. The van der Waals surface area contributed by atoms with Gasteiger partial charge in [0.05, 0.1) is 22.4 Å². The first-order valence-electron chi connectivity index (χ1n) is 11.1. The number of thiophene rings is 1. The summed E-state index contributed by atoms with van der Waals surface area (Å²) in [5, 5.41) is 9.13. The summed E-state index contributed by atoms with van der Waals surface area (Å²) < 4.78 is 8.30. The number of nitrogens with one attached hydrogen (secondary N) is 1. The molecule has 1 atom stereocenters. The van der Waals surface area contributed by atoms with Gasteiger partial charge in [-0.3, -0.25) is 9.59 Å². The van der Waals surface area contributed by atoms with E-state index in [0.29, 0.717) is 44.3 Å². The van der Waals surface area contributed by atoms with Gasteiger partial charge >= 0.3 is 6.09 Å². The summed E-state index contributed by atoms with van der Waals surface area (Å²) in [7, 11) is 0. The van der Waals surface area contributed by atoms with Crippen LogP contribution in [0.5, 0.6) is 0 Å². The molecule has 170 valence electrons. The molecule has 8 nitrogen and oxygen atoms in total. The van der Waals surface area contributed by atoms with Crippen molar-refractivity contribution in [3.63, 3.8) is 0 Å². The van der Waals surface area contributed by atoms with Crippen molar-refractivity contribution in [2.24, 2.45) is 0 Å². The number of hydrogen-bond acceptors (Lipinski definition) is 6. The molecule has 1 aliphatic rings. The molecule has 1 N–H and O–H groups in total. The maximum atomic E-state index is 13.4. The molecule has 32 heavy (non-hydrogen) atoms. The minimum Gasteiger partial charge on any atom is -0.450 e. The molecule has 4 rings (SSSR count). The topological polar surface area (TPSA) is 93.5 Å². The lowest BCUT2D eigenvalue weighted by Crippen LogP contribution is -2.49. The minimum atomic E-state index is -0.688. The van der Waals surface area contributed by atoms with Crippen molar-refractivity contribution in [1.29, 1.82) is 0 Å². The van der Waals surface area contributed by atoms with Crippen LogP contribution in [-0.4, -0.2) is 52.4 Å². The van der Waals surface area contributed by atoms with Crippen LogP contribution in [0.2, 0.25) is 0 Å². The Morgan fingerprint density at radius 3 is 2.66 bits per heavy atom. The second-order valence-corrected chi connectivity index (χ2v) is 9.08. The Labute approximate surface area is 190 Å². The lowest BCUT2D eigenvalue weighted by molar-refractivity contribution is -0.125. The maximum Gasteiger partial charge on any atom is 0.409 e. The molecular weight excluding hydrogens is 428 g/mol. The van der Waals surface area contributed by atoms with Gasteiger partial charge in [0.25, 0.3) is 5.56 Å². The van der Waals surface area contributed by atoms with Crippen molar-refractivity contribution < 1.29 is 14.3 Å². The largest absolute Gasteiger partial charge is 0.450 e. The van der Waals surface area contributed by atoms with Crippen LogP contribution in [0.1, 0.15) is 44.8 Å². The van der Waals surface area contributed by atoms with E-state index in [-0.39, 0.29) is 23.6 Å². The number of benzene rings is 1. The second kappa shape index (κ2) is 9.28. The number of ether oxygens (including phenoxy) is 1. The fourth-order valence-electron chi connectivity index (χ4n) is 4.28. The van der Waals surface area contributed by atoms with Crippen LogP contribution in [0.3, 0.4) is 0 Å². The fraction of sp³-hybridized carbons (Fsp3) is 0.478. The van der Waals surface area contributed by atoms with Crippen LogP contribution >= 0.6 is 11.3 Å². The number of amides is 2. The number of piperidine rings is 1. The molecule has 1 fully saturated rings. The molecule has 0 saturated carbocycles. The van der Waals surface area contributed by atoms with Crippen LogP contribution in [0.15, 0.2) is 29.1 Å². The Bertz CT molecular complexity index is 1210. The van der Waals surface area contributed by atoms with Gasteiger partial charge in [-0.2, -0.15) is 5.10 Å². The molecule has 0 radical (unpaired) electrons. The highest BCUT2D eigenvalue weighted by Gasteiger charge is 2.29. The third-order valence-electron chi connectivity index (χ3n) is 5.96. The zero-order chi connectivity index (χ0) is 22.8. The first-order valence-corrected chi connectivity index (χ1v) is 11.9. The second-order valence-electron chi connectivity index (χ2n) is 8.03. The monoisotopic (exact) mass is 456 g/mol. The first kappa shape index (κ1) is 22.3. The number of hydrogen-bond donors (Lipinski definition) is 1. The van der Waals surface area contributed by atoms with E-state index in [9.17, 15) is 14.4 Å². The summed E-state index contributed by atoms with van der Waals surface area (Å²) in [6.07, 6.45) is 1.44. The third kappa shape index (κ3) is 4.09. The van der Waals surface area contributed by atoms with Gasteiger partial charge in [0.1, 0.15) is 6.04 Å². The molecule has 0 unspecified atom stereocenters. The zero-order valence-electron chi connectivity index (χ0n) is 18.6. The van der Waals surface area contributed by atoms with Crippen molar-refractivity contribution in [1.82, 2.24) is 20.0 Å². The average molecular weight is 457 g/mol. The molecule has 1 aliphatic heterocycles. The van der Waals surface area contributed by atoms with E-state index in [1.54, 1.807) is 23.2 Å². The van der Waals surface area contributed by atoms with Crippen LogP contribution in [-0.2, 0) is 9.53 Å². The van der Waals surface area contributed by atoms with Crippen LogP contribution in [0, 0.1) is 6.92 Å². The lowest BCUT2D eigenvalue weighted by atomic mass is 10.0. The van der Waals surface area contributed by atoms with E-state index in [4.69, 9.17) is 4.74 Å². The van der Waals surface area contributed by atoms with Gasteiger partial charge in [-0.15, -0.1) is 11.3 Å². The van der Waals surface area contributed by atoms with Crippen molar-refractivity contribution in [3.05, 3.63) is 40.3 Å². The molecule has 3 heterocycles. The van der Waals surface area contributed by atoms with Gasteiger partial charge in [0.2, 0.25) is 5.91 Å². The van der Waals surface area contributed by atoms with Gasteiger partial charge in [-0.1, -0.05) is 25.1 Å². The summed E-state index contributed by atoms with van der Waals surface area (Å²) in [6, 6.07) is 7.07. The Morgan fingerprint density at radius 2 is 1.97 bits per heavy atom. The number of carbonyl (C=O) groups excluding carboxylic acids is 2. The van der Waals surface area contributed by atoms with Gasteiger partial charge in [-0.25, -0.2) is 9.48 Å². The van der Waals surface area contributed by atoms with E-state index in [1.807, 2.05) is 38.1 Å². The predicted octanol–water partition coefficient (Wildman–Crippen LogP) is 3.61. The highest BCUT2D eigenvalue weighted by molar-refractivity contribution is 7.26. The lowest BCUT2D eigenvalue weighted by Gasteiger charge is -2.32. The standard InChI is InChI=1S/C23H28N4O4S/c1-4-17(21(28)24-15-10-12-26(13-11-15)23(30)31-5-2)27-22(29)19-16-8-6-7-9-18(16)32-20(19)14(3)25-27/h6-9,15,17H,4-5,10-13H2,1-3H3,(H,24,28)/t17-/m0/s1. The molecule has 0 spiro atoms.